The number of rotatable bonds is 7. The van der Waals surface area contributed by atoms with Crippen molar-refractivity contribution in [2.24, 2.45) is 0 Å². The zero-order valence-electron chi connectivity index (χ0n) is 16.0. The number of nitrogens with zero attached hydrogens (tertiary/aromatic N) is 1. The first-order chi connectivity index (χ1) is 13.0. The lowest BCUT2D eigenvalue weighted by atomic mass is 10.0. The molecule has 3 rings (SSSR count). The van der Waals surface area contributed by atoms with E-state index in [9.17, 15) is 8.42 Å². The van der Waals surface area contributed by atoms with E-state index in [1.807, 2.05) is 30.3 Å². The summed E-state index contributed by atoms with van der Waals surface area (Å²) in [6.07, 6.45) is 0.0418. The van der Waals surface area contributed by atoms with Gasteiger partial charge in [0.25, 0.3) is 0 Å². The number of hydrogen-bond donors (Lipinski definition) is 1. The van der Waals surface area contributed by atoms with Crippen molar-refractivity contribution in [2.75, 3.05) is 32.8 Å². The van der Waals surface area contributed by atoms with Crippen LogP contribution in [0.4, 0.5) is 0 Å². The molecule has 27 heavy (non-hydrogen) atoms. The highest BCUT2D eigenvalue weighted by Crippen LogP contribution is 2.21. The molecule has 1 unspecified atom stereocenters. The molecule has 1 fully saturated rings. The van der Waals surface area contributed by atoms with E-state index in [0.29, 0.717) is 30.5 Å². The highest BCUT2D eigenvalue weighted by molar-refractivity contribution is 7.89. The van der Waals surface area contributed by atoms with Crippen molar-refractivity contribution in [1.82, 2.24) is 9.62 Å². The Balaban J connectivity index is 1.52. The zero-order chi connectivity index (χ0) is 19.3. The summed E-state index contributed by atoms with van der Waals surface area (Å²) in [7, 11) is -3.48. The number of nitrogens with one attached hydrogen (secondary N) is 1. The summed E-state index contributed by atoms with van der Waals surface area (Å²) in [5.74, 6) is 0.383. The fraction of sp³-hybridized carbons (Fsp3) is 0.429. The van der Waals surface area contributed by atoms with Crippen molar-refractivity contribution in [3.05, 3.63) is 65.7 Å². The van der Waals surface area contributed by atoms with Gasteiger partial charge in [-0.1, -0.05) is 56.3 Å². The molecule has 146 valence electrons. The van der Waals surface area contributed by atoms with Crippen LogP contribution < -0.4 is 4.72 Å². The SMILES string of the molecule is CC(C)c1ccc(S(=O)(=O)NCCN2CCOC(c3ccccc3)C2)cc1. The van der Waals surface area contributed by atoms with Gasteiger partial charge in [0.2, 0.25) is 10.0 Å². The van der Waals surface area contributed by atoms with Crippen LogP contribution in [0.25, 0.3) is 0 Å². The highest BCUT2D eigenvalue weighted by Gasteiger charge is 2.22. The molecule has 1 aliphatic heterocycles. The van der Waals surface area contributed by atoms with Gasteiger partial charge in [-0.3, -0.25) is 4.90 Å². The minimum Gasteiger partial charge on any atom is -0.371 e. The summed E-state index contributed by atoms with van der Waals surface area (Å²) in [6.45, 7) is 7.47. The van der Waals surface area contributed by atoms with Gasteiger partial charge in [0.1, 0.15) is 0 Å². The van der Waals surface area contributed by atoms with E-state index < -0.39 is 10.0 Å². The Morgan fingerprint density at radius 1 is 1.11 bits per heavy atom. The van der Waals surface area contributed by atoms with Crippen LogP contribution in [-0.4, -0.2) is 46.1 Å². The summed E-state index contributed by atoms with van der Waals surface area (Å²) in [6, 6.07) is 17.3. The molecule has 0 saturated carbocycles. The van der Waals surface area contributed by atoms with Crippen LogP contribution in [0.15, 0.2) is 59.5 Å². The highest BCUT2D eigenvalue weighted by atomic mass is 32.2. The van der Waals surface area contributed by atoms with E-state index >= 15 is 0 Å². The van der Waals surface area contributed by atoms with Crippen molar-refractivity contribution in [2.45, 2.75) is 30.8 Å². The lowest BCUT2D eigenvalue weighted by Crippen LogP contribution is -2.42. The number of morpholine rings is 1. The molecule has 6 heteroatoms. The van der Waals surface area contributed by atoms with Gasteiger partial charge in [-0.05, 0) is 29.2 Å². The minimum atomic E-state index is -3.48. The van der Waals surface area contributed by atoms with E-state index in [1.165, 1.54) is 0 Å². The van der Waals surface area contributed by atoms with Crippen molar-refractivity contribution in [3.8, 4) is 0 Å². The monoisotopic (exact) mass is 388 g/mol. The first-order valence-electron chi connectivity index (χ1n) is 9.44. The molecule has 0 spiro atoms. The van der Waals surface area contributed by atoms with Gasteiger partial charge in [-0.25, -0.2) is 13.1 Å². The first kappa shape index (κ1) is 20.0. The van der Waals surface area contributed by atoms with Crippen molar-refractivity contribution < 1.29 is 13.2 Å². The van der Waals surface area contributed by atoms with Gasteiger partial charge in [-0.15, -0.1) is 0 Å². The predicted molar refractivity (Wildman–Crippen MR) is 107 cm³/mol. The van der Waals surface area contributed by atoms with E-state index in [0.717, 1.165) is 24.2 Å². The Hall–Kier alpha value is -1.73. The second-order valence-corrected chi connectivity index (χ2v) is 8.96. The maximum absolute atomic E-state index is 12.5. The first-order valence-corrected chi connectivity index (χ1v) is 10.9. The van der Waals surface area contributed by atoms with Gasteiger partial charge in [0.15, 0.2) is 0 Å². The van der Waals surface area contributed by atoms with Crippen LogP contribution in [0, 0.1) is 0 Å². The molecule has 0 aliphatic carbocycles. The van der Waals surface area contributed by atoms with Gasteiger partial charge in [0, 0.05) is 26.2 Å². The molecule has 0 aromatic heterocycles. The minimum absolute atomic E-state index is 0.0418. The van der Waals surface area contributed by atoms with Crippen LogP contribution >= 0.6 is 0 Å². The van der Waals surface area contributed by atoms with Gasteiger partial charge < -0.3 is 4.74 Å². The fourth-order valence-electron chi connectivity index (χ4n) is 3.23. The molecule has 0 bridgehead atoms. The number of sulfonamides is 1. The van der Waals surface area contributed by atoms with Crippen LogP contribution in [0.5, 0.6) is 0 Å². The molecule has 0 radical (unpaired) electrons. The number of ether oxygens (including phenoxy) is 1. The molecule has 1 saturated heterocycles. The van der Waals surface area contributed by atoms with Crippen molar-refractivity contribution in [3.63, 3.8) is 0 Å². The third-order valence-corrected chi connectivity index (χ3v) is 6.38. The maximum Gasteiger partial charge on any atom is 0.240 e. The van der Waals surface area contributed by atoms with Crippen LogP contribution in [0.3, 0.4) is 0 Å². The van der Waals surface area contributed by atoms with E-state index in [2.05, 4.69) is 35.6 Å². The smallest absolute Gasteiger partial charge is 0.240 e. The van der Waals surface area contributed by atoms with Crippen LogP contribution in [0.2, 0.25) is 0 Å². The largest absolute Gasteiger partial charge is 0.371 e. The Kier molecular flexibility index (Phi) is 6.65. The average molecular weight is 389 g/mol. The van der Waals surface area contributed by atoms with E-state index in [-0.39, 0.29) is 6.10 Å². The number of hydrogen-bond acceptors (Lipinski definition) is 4. The van der Waals surface area contributed by atoms with E-state index in [1.54, 1.807) is 12.1 Å². The topological polar surface area (TPSA) is 58.6 Å². The quantitative estimate of drug-likeness (QED) is 0.792. The summed E-state index contributed by atoms with van der Waals surface area (Å²) >= 11 is 0. The van der Waals surface area contributed by atoms with Crippen LogP contribution in [-0.2, 0) is 14.8 Å². The molecular formula is C21H28N2O3S. The molecular weight excluding hydrogens is 360 g/mol. The normalized spacial score (nSPS) is 18.7. The molecule has 5 nitrogen and oxygen atoms in total. The van der Waals surface area contributed by atoms with Gasteiger partial charge >= 0.3 is 0 Å². The Bertz CT molecular complexity index is 820. The summed E-state index contributed by atoms with van der Waals surface area (Å²) in [4.78, 5) is 2.56. The Labute approximate surface area is 162 Å². The lowest BCUT2D eigenvalue weighted by molar-refractivity contribution is -0.0291. The second-order valence-electron chi connectivity index (χ2n) is 7.19. The molecule has 2 aromatic rings. The summed E-state index contributed by atoms with van der Waals surface area (Å²) < 4.78 is 33.5. The molecule has 0 amide bonds. The average Bonchev–Trinajstić information content (AvgIpc) is 2.69. The van der Waals surface area contributed by atoms with Crippen LogP contribution in [0.1, 0.15) is 37.0 Å². The van der Waals surface area contributed by atoms with Gasteiger partial charge in [0.05, 0.1) is 17.6 Å². The van der Waals surface area contributed by atoms with E-state index in [4.69, 9.17) is 4.74 Å². The molecule has 1 aliphatic rings. The standard InChI is InChI=1S/C21H28N2O3S/c1-17(2)18-8-10-20(11-9-18)27(24,25)22-12-13-23-14-15-26-21(16-23)19-6-4-3-5-7-19/h3-11,17,21-22H,12-16H2,1-2H3. The zero-order valence-corrected chi connectivity index (χ0v) is 16.8. The van der Waals surface area contributed by atoms with Gasteiger partial charge in [-0.2, -0.15) is 0 Å². The molecule has 1 N–H and O–H groups in total. The molecule has 1 heterocycles. The summed E-state index contributed by atoms with van der Waals surface area (Å²) in [5.41, 5.74) is 2.29. The predicted octanol–water partition coefficient (Wildman–Crippen LogP) is 3.16. The molecule has 2 aromatic carbocycles. The maximum atomic E-state index is 12.5. The lowest BCUT2D eigenvalue weighted by Gasteiger charge is -2.33. The summed E-state index contributed by atoms with van der Waals surface area (Å²) in [5, 5.41) is 0. The van der Waals surface area contributed by atoms with Crippen molar-refractivity contribution in [1.29, 1.82) is 0 Å². The third-order valence-electron chi connectivity index (χ3n) is 4.90. The second kappa shape index (κ2) is 8.97. The Morgan fingerprint density at radius 2 is 1.81 bits per heavy atom. The van der Waals surface area contributed by atoms with Crippen molar-refractivity contribution >= 4 is 10.0 Å². The number of benzene rings is 2. The fourth-order valence-corrected chi connectivity index (χ4v) is 4.25. The Morgan fingerprint density at radius 3 is 2.48 bits per heavy atom. The third kappa shape index (κ3) is 5.39. The molecule has 1 atom stereocenters.